The molecule has 0 saturated heterocycles. The van der Waals surface area contributed by atoms with Gasteiger partial charge in [0.2, 0.25) is 0 Å². The van der Waals surface area contributed by atoms with Crippen molar-refractivity contribution >= 4 is 17.6 Å². The molecule has 0 aromatic carbocycles. The van der Waals surface area contributed by atoms with E-state index in [1.807, 2.05) is 17.8 Å². The quantitative estimate of drug-likeness (QED) is 0.858. The average Bonchev–Trinajstić information content (AvgIpc) is 2.12. The Labute approximate surface area is 102 Å². The standard InChI is InChI=1S/C12H21N3S/c1-8(2)5-10-6-11(13)15-12(14-10)7-16-9(3)4/h6,8-9H,5,7H2,1-4H3,(H2,13,14,15). The topological polar surface area (TPSA) is 51.8 Å². The molecule has 0 fully saturated rings. The number of nitrogens with two attached hydrogens (primary N) is 1. The lowest BCUT2D eigenvalue weighted by molar-refractivity contribution is 0.632. The predicted octanol–water partition coefficient (Wildman–Crippen LogP) is 2.90. The fourth-order valence-electron chi connectivity index (χ4n) is 1.40. The van der Waals surface area contributed by atoms with Gasteiger partial charge in [-0.25, -0.2) is 9.97 Å². The fourth-order valence-corrected chi connectivity index (χ4v) is 2.02. The van der Waals surface area contributed by atoms with Gasteiger partial charge in [-0.3, -0.25) is 0 Å². The van der Waals surface area contributed by atoms with E-state index in [0.29, 0.717) is 17.0 Å². The van der Waals surface area contributed by atoms with E-state index in [2.05, 4.69) is 37.7 Å². The highest BCUT2D eigenvalue weighted by atomic mass is 32.2. The highest BCUT2D eigenvalue weighted by molar-refractivity contribution is 7.99. The summed E-state index contributed by atoms with van der Waals surface area (Å²) in [4.78, 5) is 8.79. The summed E-state index contributed by atoms with van der Waals surface area (Å²) in [5, 5.41) is 0.596. The fraction of sp³-hybridized carbons (Fsp3) is 0.667. The Morgan fingerprint density at radius 3 is 2.50 bits per heavy atom. The van der Waals surface area contributed by atoms with Crippen molar-refractivity contribution in [2.24, 2.45) is 5.92 Å². The lowest BCUT2D eigenvalue weighted by Gasteiger charge is -2.08. The Bertz CT molecular complexity index is 337. The van der Waals surface area contributed by atoms with E-state index in [1.54, 1.807) is 0 Å². The van der Waals surface area contributed by atoms with E-state index in [-0.39, 0.29) is 0 Å². The summed E-state index contributed by atoms with van der Waals surface area (Å²) in [5.41, 5.74) is 6.84. The number of aromatic nitrogens is 2. The molecule has 0 radical (unpaired) electrons. The number of hydrogen-bond acceptors (Lipinski definition) is 4. The van der Waals surface area contributed by atoms with Gasteiger partial charge < -0.3 is 5.73 Å². The minimum Gasteiger partial charge on any atom is -0.384 e. The van der Waals surface area contributed by atoms with Gasteiger partial charge in [-0.05, 0) is 17.6 Å². The highest BCUT2D eigenvalue weighted by Gasteiger charge is 2.06. The summed E-state index contributed by atoms with van der Waals surface area (Å²) in [5.74, 6) is 2.88. The number of anilines is 1. The van der Waals surface area contributed by atoms with Crippen molar-refractivity contribution < 1.29 is 0 Å². The second-order valence-corrected chi connectivity index (χ2v) is 6.22. The van der Waals surface area contributed by atoms with Crippen LogP contribution in [0.5, 0.6) is 0 Å². The number of hydrogen-bond donors (Lipinski definition) is 1. The Morgan fingerprint density at radius 1 is 1.25 bits per heavy atom. The number of nitrogens with zero attached hydrogens (tertiary/aromatic N) is 2. The molecule has 0 unspecified atom stereocenters. The second kappa shape index (κ2) is 6.09. The first-order chi connectivity index (χ1) is 7.47. The molecule has 3 nitrogen and oxygen atoms in total. The van der Waals surface area contributed by atoms with Gasteiger partial charge in [-0.1, -0.05) is 27.7 Å². The number of nitrogen functional groups attached to an aromatic ring is 1. The van der Waals surface area contributed by atoms with Gasteiger partial charge in [0.1, 0.15) is 11.6 Å². The molecule has 0 saturated carbocycles. The maximum atomic E-state index is 5.78. The first kappa shape index (κ1) is 13.3. The Morgan fingerprint density at radius 2 is 1.94 bits per heavy atom. The van der Waals surface area contributed by atoms with Crippen molar-refractivity contribution in [2.75, 3.05) is 5.73 Å². The van der Waals surface area contributed by atoms with Crippen LogP contribution in [0, 0.1) is 5.92 Å². The monoisotopic (exact) mass is 239 g/mol. The first-order valence-electron chi connectivity index (χ1n) is 5.71. The van der Waals surface area contributed by atoms with E-state index in [0.717, 1.165) is 23.7 Å². The Hall–Kier alpha value is -0.770. The lowest BCUT2D eigenvalue weighted by Crippen LogP contribution is -2.05. The molecule has 1 aromatic heterocycles. The summed E-state index contributed by atoms with van der Waals surface area (Å²) in [6.45, 7) is 8.71. The van der Waals surface area contributed by atoms with Crippen LogP contribution >= 0.6 is 11.8 Å². The van der Waals surface area contributed by atoms with Crippen LogP contribution in [0.2, 0.25) is 0 Å². The minimum atomic E-state index is 0.588. The van der Waals surface area contributed by atoms with Gasteiger partial charge >= 0.3 is 0 Å². The second-order valence-electron chi connectivity index (χ2n) is 4.66. The van der Waals surface area contributed by atoms with Gasteiger partial charge in [0.25, 0.3) is 0 Å². The van der Waals surface area contributed by atoms with Crippen LogP contribution in [0.25, 0.3) is 0 Å². The zero-order valence-electron chi connectivity index (χ0n) is 10.5. The molecule has 1 aromatic rings. The molecule has 90 valence electrons. The van der Waals surface area contributed by atoms with Crippen molar-refractivity contribution in [1.29, 1.82) is 0 Å². The van der Waals surface area contributed by atoms with Gasteiger partial charge in [0.05, 0.1) is 5.75 Å². The van der Waals surface area contributed by atoms with Gasteiger partial charge in [0.15, 0.2) is 0 Å². The summed E-state index contributed by atoms with van der Waals surface area (Å²) in [7, 11) is 0. The third-order valence-electron chi connectivity index (χ3n) is 2.01. The number of rotatable bonds is 5. The SMILES string of the molecule is CC(C)Cc1cc(N)nc(CSC(C)C)n1. The molecule has 1 rings (SSSR count). The molecule has 0 bridgehead atoms. The van der Waals surface area contributed by atoms with Crippen LogP contribution in [-0.4, -0.2) is 15.2 Å². The lowest BCUT2D eigenvalue weighted by atomic mass is 10.1. The van der Waals surface area contributed by atoms with Crippen molar-refractivity contribution in [2.45, 2.75) is 45.1 Å². The van der Waals surface area contributed by atoms with E-state index >= 15 is 0 Å². The zero-order chi connectivity index (χ0) is 12.1. The molecule has 0 amide bonds. The van der Waals surface area contributed by atoms with Crippen molar-refractivity contribution in [3.63, 3.8) is 0 Å². The van der Waals surface area contributed by atoms with Crippen LogP contribution in [0.15, 0.2) is 6.07 Å². The smallest absolute Gasteiger partial charge is 0.140 e. The van der Waals surface area contributed by atoms with Crippen molar-refractivity contribution in [3.05, 3.63) is 17.6 Å². The molecule has 1 heterocycles. The van der Waals surface area contributed by atoms with Crippen LogP contribution in [0.1, 0.15) is 39.2 Å². The van der Waals surface area contributed by atoms with Crippen LogP contribution < -0.4 is 5.73 Å². The molecule has 0 aliphatic rings. The Kier molecular flexibility index (Phi) is 5.06. The predicted molar refractivity (Wildman–Crippen MR) is 71.4 cm³/mol. The maximum absolute atomic E-state index is 5.78. The third-order valence-corrected chi connectivity index (χ3v) is 3.10. The molecule has 0 aliphatic heterocycles. The largest absolute Gasteiger partial charge is 0.384 e. The number of thioether (sulfide) groups is 1. The molecular formula is C12H21N3S. The van der Waals surface area contributed by atoms with Crippen molar-refractivity contribution in [3.8, 4) is 0 Å². The summed E-state index contributed by atoms with van der Waals surface area (Å²) in [6, 6.07) is 1.88. The minimum absolute atomic E-state index is 0.588. The summed E-state index contributed by atoms with van der Waals surface area (Å²) < 4.78 is 0. The van der Waals surface area contributed by atoms with Gasteiger partial charge in [-0.15, -0.1) is 0 Å². The van der Waals surface area contributed by atoms with Crippen LogP contribution in [0.4, 0.5) is 5.82 Å². The molecule has 0 atom stereocenters. The Balaban J connectivity index is 2.73. The van der Waals surface area contributed by atoms with Crippen LogP contribution in [-0.2, 0) is 12.2 Å². The maximum Gasteiger partial charge on any atom is 0.140 e. The van der Waals surface area contributed by atoms with Gasteiger partial charge in [-0.2, -0.15) is 11.8 Å². The van der Waals surface area contributed by atoms with Crippen LogP contribution in [0.3, 0.4) is 0 Å². The highest BCUT2D eigenvalue weighted by Crippen LogP contribution is 2.16. The molecule has 0 spiro atoms. The van der Waals surface area contributed by atoms with E-state index in [4.69, 9.17) is 5.73 Å². The molecule has 4 heteroatoms. The van der Waals surface area contributed by atoms with E-state index in [1.165, 1.54) is 0 Å². The van der Waals surface area contributed by atoms with E-state index < -0.39 is 0 Å². The molecule has 16 heavy (non-hydrogen) atoms. The summed E-state index contributed by atoms with van der Waals surface area (Å²) in [6.07, 6.45) is 0.964. The van der Waals surface area contributed by atoms with Crippen molar-refractivity contribution in [1.82, 2.24) is 9.97 Å². The molecule has 2 N–H and O–H groups in total. The molecular weight excluding hydrogens is 218 g/mol. The zero-order valence-corrected chi connectivity index (χ0v) is 11.3. The summed E-state index contributed by atoms with van der Waals surface area (Å²) >= 11 is 1.84. The molecule has 0 aliphatic carbocycles. The van der Waals surface area contributed by atoms with Gasteiger partial charge in [0, 0.05) is 11.8 Å². The average molecular weight is 239 g/mol. The first-order valence-corrected chi connectivity index (χ1v) is 6.76. The normalized spacial score (nSPS) is 11.4. The third kappa shape index (κ3) is 4.84. The van der Waals surface area contributed by atoms with E-state index in [9.17, 15) is 0 Å².